The zero-order valence-electron chi connectivity index (χ0n) is 21.0. The number of alkyl halides is 2. The molecule has 1 saturated heterocycles. The van der Waals surface area contributed by atoms with Gasteiger partial charge in [-0.1, -0.05) is 26.0 Å². The van der Waals surface area contributed by atoms with Crippen LogP contribution in [0.1, 0.15) is 49.3 Å². The van der Waals surface area contributed by atoms with Crippen LogP contribution in [0.25, 0.3) is 0 Å². The average molecular weight is 503 g/mol. The van der Waals surface area contributed by atoms with E-state index in [1.165, 1.54) is 7.11 Å². The second-order valence-electron chi connectivity index (χ2n) is 9.52. The molecule has 0 saturated carbocycles. The highest BCUT2D eigenvalue weighted by Gasteiger charge is 2.42. The summed E-state index contributed by atoms with van der Waals surface area (Å²) in [5.41, 5.74) is 3.24. The molecule has 194 valence electrons. The van der Waals surface area contributed by atoms with Crippen molar-refractivity contribution in [1.82, 2.24) is 4.90 Å². The van der Waals surface area contributed by atoms with Gasteiger partial charge in [-0.2, -0.15) is 8.78 Å². The molecule has 0 N–H and O–H groups in total. The molecule has 0 bridgehead atoms. The number of halogens is 2. The van der Waals surface area contributed by atoms with Gasteiger partial charge in [0.15, 0.2) is 0 Å². The zero-order chi connectivity index (χ0) is 26.0. The van der Waals surface area contributed by atoms with E-state index in [1.807, 2.05) is 32.0 Å². The summed E-state index contributed by atoms with van der Waals surface area (Å²) in [6.07, 6.45) is 1.86. The molecule has 2 heterocycles. The lowest BCUT2D eigenvalue weighted by atomic mass is 10.0. The highest BCUT2D eigenvalue weighted by molar-refractivity contribution is 5.99. The number of benzene rings is 2. The molecule has 36 heavy (non-hydrogen) atoms. The summed E-state index contributed by atoms with van der Waals surface area (Å²) in [6, 6.07) is 9.99. The lowest BCUT2D eigenvalue weighted by molar-refractivity contribution is -0.146. The fraction of sp³-hybridized carbons (Fsp3) is 0.481. The maximum Gasteiger partial charge on any atom is 0.387 e. The van der Waals surface area contributed by atoms with Crippen LogP contribution in [0.5, 0.6) is 11.5 Å². The van der Waals surface area contributed by atoms with E-state index in [-0.39, 0.29) is 36.2 Å². The molecule has 2 aromatic carbocycles. The van der Waals surface area contributed by atoms with Crippen LogP contribution in [0.15, 0.2) is 36.4 Å². The largest absolute Gasteiger partial charge is 0.489 e. The SMILES string of the molecule is COC(=O)[C@@H]1CC[C@@H](C(=O)N2CCc3cc(OCc4ccc(C(C)C)cc4OC(F)F)ccc32)N1C. The lowest BCUT2D eigenvalue weighted by Gasteiger charge is -2.27. The Bertz CT molecular complexity index is 1120. The maximum atomic E-state index is 13.3. The van der Waals surface area contributed by atoms with Crippen molar-refractivity contribution in [3.8, 4) is 11.5 Å². The van der Waals surface area contributed by atoms with Crippen molar-refractivity contribution in [2.24, 2.45) is 0 Å². The Balaban J connectivity index is 1.44. The minimum atomic E-state index is -2.92. The molecular weight excluding hydrogens is 470 g/mol. The van der Waals surface area contributed by atoms with Gasteiger partial charge in [-0.15, -0.1) is 0 Å². The Morgan fingerprint density at radius 3 is 2.53 bits per heavy atom. The summed E-state index contributed by atoms with van der Waals surface area (Å²) in [5.74, 6) is 0.522. The van der Waals surface area contributed by atoms with Gasteiger partial charge in [0.2, 0.25) is 5.91 Å². The van der Waals surface area contributed by atoms with Crippen LogP contribution >= 0.6 is 0 Å². The summed E-state index contributed by atoms with van der Waals surface area (Å²) < 4.78 is 41.4. The minimum absolute atomic E-state index is 0.0321. The van der Waals surface area contributed by atoms with E-state index in [2.05, 4.69) is 0 Å². The molecular formula is C27H32F2N2O5. The van der Waals surface area contributed by atoms with Gasteiger partial charge in [0.1, 0.15) is 24.1 Å². The molecule has 2 aliphatic rings. The number of nitrogens with zero attached hydrogens (tertiary/aromatic N) is 2. The molecule has 4 rings (SSSR count). The van der Waals surface area contributed by atoms with Crippen LogP contribution < -0.4 is 14.4 Å². The summed E-state index contributed by atoms with van der Waals surface area (Å²) in [5, 5.41) is 0. The first-order valence-corrected chi connectivity index (χ1v) is 12.1. The average Bonchev–Trinajstić information content (AvgIpc) is 3.45. The van der Waals surface area contributed by atoms with Gasteiger partial charge in [0.25, 0.3) is 0 Å². The summed E-state index contributed by atoms with van der Waals surface area (Å²) in [6.45, 7) is 1.67. The topological polar surface area (TPSA) is 68.3 Å². The number of ether oxygens (including phenoxy) is 3. The molecule has 7 nitrogen and oxygen atoms in total. The van der Waals surface area contributed by atoms with Gasteiger partial charge in [0, 0.05) is 17.8 Å². The third-order valence-electron chi connectivity index (χ3n) is 7.04. The maximum absolute atomic E-state index is 13.3. The van der Waals surface area contributed by atoms with Gasteiger partial charge < -0.3 is 19.1 Å². The third-order valence-corrected chi connectivity index (χ3v) is 7.04. The van der Waals surface area contributed by atoms with Crippen LogP contribution in [-0.2, 0) is 27.4 Å². The van der Waals surface area contributed by atoms with Crippen LogP contribution in [0, 0.1) is 0 Å². The summed E-state index contributed by atoms with van der Waals surface area (Å²) in [4.78, 5) is 28.8. The number of hydrogen-bond acceptors (Lipinski definition) is 6. The predicted molar refractivity (Wildman–Crippen MR) is 131 cm³/mol. The molecule has 0 unspecified atom stereocenters. The Morgan fingerprint density at radius 2 is 1.83 bits per heavy atom. The van der Waals surface area contributed by atoms with Gasteiger partial charge >= 0.3 is 12.6 Å². The number of anilines is 1. The normalized spacial score (nSPS) is 19.6. The second kappa shape index (κ2) is 10.8. The second-order valence-corrected chi connectivity index (χ2v) is 9.52. The molecule has 2 aromatic rings. The number of carbonyl (C=O) groups is 2. The monoisotopic (exact) mass is 502 g/mol. The number of rotatable bonds is 8. The number of methoxy groups -OCH3 is 1. The van der Waals surface area contributed by atoms with E-state index in [9.17, 15) is 18.4 Å². The molecule has 9 heteroatoms. The number of likely N-dealkylation sites (N-methyl/N-ethyl adjacent to an activating group) is 1. The first-order chi connectivity index (χ1) is 17.2. The Hall–Kier alpha value is -3.20. The Morgan fingerprint density at radius 1 is 1.08 bits per heavy atom. The standard InChI is InChI=1S/C27H32F2N2O5/c1-16(2)17-5-6-19(24(14-17)36-27(28)29)15-35-20-7-8-21-18(13-20)11-12-31(21)25(32)22-9-10-23(30(22)3)26(33)34-4/h5-8,13-14,16,22-23,27H,9-12,15H2,1-4H3/t22-,23-/m0/s1. The summed E-state index contributed by atoms with van der Waals surface area (Å²) in [7, 11) is 3.14. The molecule has 1 fully saturated rings. The van der Waals surface area contributed by atoms with E-state index >= 15 is 0 Å². The fourth-order valence-corrected chi connectivity index (χ4v) is 4.95. The van der Waals surface area contributed by atoms with E-state index in [0.717, 1.165) is 16.8 Å². The first-order valence-electron chi connectivity index (χ1n) is 12.1. The third kappa shape index (κ3) is 5.31. The smallest absolute Gasteiger partial charge is 0.387 e. The van der Waals surface area contributed by atoms with Crippen molar-refractivity contribution in [1.29, 1.82) is 0 Å². The summed E-state index contributed by atoms with van der Waals surface area (Å²) >= 11 is 0. The van der Waals surface area contributed by atoms with Crippen molar-refractivity contribution in [3.05, 3.63) is 53.1 Å². The zero-order valence-corrected chi connectivity index (χ0v) is 21.0. The van der Waals surface area contributed by atoms with Crippen LogP contribution in [0.2, 0.25) is 0 Å². The van der Waals surface area contributed by atoms with E-state index in [4.69, 9.17) is 14.2 Å². The number of likely N-dealkylation sites (tertiary alicyclic amines) is 1. The molecule has 0 aromatic heterocycles. The number of esters is 1. The van der Waals surface area contributed by atoms with Crippen LogP contribution in [0.4, 0.5) is 14.5 Å². The number of fused-ring (bicyclic) bond motifs is 1. The fourth-order valence-electron chi connectivity index (χ4n) is 4.95. The van der Waals surface area contributed by atoms with Crippen molar-refractivity contribution < 1.29 is 32.6 Å². The van der Waals surface area contributed by atoms with E-state index < -0.39 is 12.7 Å². The molecule has 2 atom stereocenters. The molecule has 0 spiro atoms. The van der Waals surface area contributed by atoms with Crippen LogP contribution in [-0.4, -0.2) is 56.2 Å². The van der Waals surface area contributed by atoms with Crippen molar-refractivity contribution in [3.63, 3.8) is 0 Å². The molecule has 1 amide bonds. The number of carbonyl (C=O) groups excluding carboxylic acids is 2. The van der Waals surface area contributed by atoms with Gasteiger partial charge in [0.05, 0.1) is 13.2 Å². The van der Waals surface area contributed by atoms with Crippen molar-refractivity contribution in [2.45, 2.75) is 64.3 Å². The van der Waals surface area contributed by atoms with Crippen molar-refractivity contribution in [2.75, 3.05) is 25.6 Å². The number of amides is 1. The molecule has 2 aliphatic heterocycles. The van der Waals surface area contributed by atoms with Gasteiger partial charge in [-0.25, -0.2) is 0 Å². The van der Waals surface area contributed by atoms with E-state index in [1.54, 1.807) is 35.0 Å². The quantitative estimate of drug-likeness (QED) is 0.495. The highest BCUT2D eigenvalue weighted by atomic mass is 19.3. The Labute approximate surface area is 209 Å². The van der Waals surface area contributed by atoms with E-state index in [0.29, 0.717) is 37.1 Å². The molecule has 0 radical (unpaired) electrons. The van der Waals surface area contributed by atoms with Gasteiger partial charge in [-0.05, 0) is 67.6 Å². The minimum Gasteiger partial charge on any atom is -0.489 e. The van der Waals surface area contributed by atoms with Gasteiger partial charge in [-0.3, -0.25) is 14.5 Å². The number of hydrogen-bond donors (Lipinski definition) is 0. The van der Waals surface area contributed by atoms with Crippen molar-refractivity contribution >= 4 is 17.6 Å². The highest BCUT2D eigenvalue weighted by Crippen LogP contribution is 2.35. The Kier molecular flexibility index (Phi) is 7.78. The lowest BCUT2D eigenvalue weighted by Crippen LogP contribution is -2.47. The first kappa shape index (κ1) is 25.9. The predicted octanol–water partition coefficient (Wildman–Crippen LogP) is 4.52. The van der Waals surface area contributed by atoms with Crippen LogP contribution in [0.3, 0.4) is 0 Å². The molecule has 0 aliphatic carbocycles.